The molecule has 1 heterocycles. The van der Waals surface area contributed by atoms with Gasteiger partial charge in [-0.1, -0.05) is 11.8 Å². The first kappa shape index (κ1) is 7.56. The second kappa shape index (κ2) is 3.58. The number of aromatic nitrogens is 3. The van der Waals surface area contributed by atoms with Crippen LogP contribution in [0.4, 0.5) is 0 Å². The lowest BCUT2D eigenvalue weighted by atomic mass is 10.8. The van der Waals surface area contributed by atoms with E-state index in [1.165, 1.54) is 11.8 Å². The van der Waals surface area contributed by atoms with Crippen molar-refractivity contribution in [2.75, 3.05) is 12.4 Å². The highest BCUT2D eigenvalue weighted by Gasteiger charge is 1.97. The Morgan fingerprint density at radius 2 is 2.50 bits per heavy atom. The summed E-state index contributed by atoms with van der Waals surface area (Å²) >= 11 is 1.44. The van der Waals surface area contributed by atoms with E-state index in [2.05, 4.69) is 15.2 Å². The number of hydrogen-bond donors (Lipinski definition) is 2. The van der Waals surface area contributed by atoms with E-state index < -0.39 is 0 Å². The van der Waals surface area contributed by atoms with Crippen LogP contribution in [-0.2, 0) is 0 Å². The molecule has 4 nitrogen and oxygen atoms in total. The highest BCUT2D eigenvalue weighted by atomic mass is 32.2. The van der Waals surface area contributed by atoms with E-state index in [1.807, 2.05) is 6.92 Å². The SMILES string of the molecule is Cc1nc(SCCO)n[nH]1. The van der Waals surface area contributed by atoms with Crippen molar-refractivity contribution in [3.63, 3.8) is 0 Å². The molecule has 0 aliphatic heterocycles. The second-order valence-corrected chi connectivity index (χ2v) is 2.84. The van der Waals surface area contributed by atoms with Gasteiger partial charge < -0.3 is 5.11 Å². The van der Waals surface area contributed by atoms with Gasteiger partial charge in [0.25, 0.3) is 0 Å². The number of aliphatic hydroxyl groups excluding tert-OH is 1. The second-order valence-electron chi connectivity index (χ2n) is 1.78. The molecule has 0 aromatic carbocycles. The number of rotatable bonds is 3. The summed E-state index contributed by atoms with van der Waals surface area (Å²) in [5.41, 5.74) is 0. The number of aromatic amines is 1. The third-order valence-corrected chi connectivity index (χ3v) is 1.73. The van der Waals surface area contributed by atoms with Crippen molar-refractivity contribution in [3.05, 3.63) is 5.82 Å². The van der Waals surface area contributed by atoms with Gasteiger partial charge >= 0.3 is 0 Å². The van der Waals surface area contributed by atoms with Crippen LogP contribution in [0.5, 0.6) is 0 Å². The van der Waals surface area contributed by atoms with E-state index in [1.54, 1.807) is 0 Å². The first-order chi connectivity index (χ1) is 4.83. The maximum Gasteiger partial charge on any atom is 0.208 e. The monoisotopic (exact) mass is 159 g/mol. The molecule has 5 heteroatoms. The molecule has 10 heavy (non-hydrogen) atoms. The van der Waals surface area contributed by atoms with Crippen LogP contribution in [0.2, 0.25) is 0 Å². The molecule has 0 aliphatic rings. The highest BCUT2D eigenvalue weighted by molar-refractivity contribution is 7.99. The maximum atomic E-state index is 8.45. The Kier molecular flexibility index (Phi) is 2.70. The van der Waals surface area contributed by atoms with Gasteiger partial charge in [0.15, 0.2) is 0 Å². The van der Waals surface area contributed by atoms with E-state index in [0.717, 1.165) is 5.82 Å². The van der Waals surface area contributed by atoms with Crippen molar-refractivity contribution in [2.45, 2.75) is 12.1 Å². The summed E-state index contributed by atoms with van der Waals surface area (Å²) in [6, 6.07) is 0. The summed E-state index contributed by atoms with van der Waals surface area (Å²) in [4.78, 5) is 4.03. The molecule has 56 valence electrons. The van der Waals surface area contributed by atoms with Gasteiger partial charge in [-0.25, -0.2) is 4.98 Å². The van der Waals surface area contributed by atoms with E-state index >= 15 is 0 Å². The van der Waals surface area contributed by atoms with E-state index in [9.17, 15) is 0 Å². The molecular weight excluding hydrogens is 150 g/mol. The minimum absolute atomic E-state index is 0.165. The Bertz CT molecular complexity index is 201. The number of H-pyrrole nitrogens is 1. The summed E-state index contributed by atoms with van der Waals surface area (Å²) in [6.45, 7) is 2.01. The zero-order chi connectivity index (χ0) is 7.40. The fraction of sp³-hybridized carbons (Fsp3) is 0.600. The maximum absolute atomic E-state index is 8.45. The van der Waals surface area contributed by atoms with Crippen LogP contribution >= 0.6 is 11.8 Å². The number of thioether (sulfide) groups is 1. The van der Waals surface area contributed by atoms with Gasteiger partial charge in [-0.3, -0.25) is 5.10 Å². The number of aliphatic hydroxyl groups is 1. The number of nitrogens with zero attached hydrogens (tertiary/aromatic N) is 2. The molecule has 0 saturated heterocycles. The Hall–Kier alpha value is -0.550. The standard InChI is InChI=1S/C5H9N3OS/c1-4-6-5(8-7-4)10-3-2-9/h9H,2-3H2,1H3,(H,6,7,8). The van der Waals surface area contributed by atoms with Gasteiger partial charge in [0, 0.05) is 5.75 Å². The first-order valence-electron chi connectivity index (χ1n) is 2.95. The number of nitrogens with one attached hydrogen (secondary N) is 1. The lowest BCUT2D eigenvalue weighted by molar-refractivity contribution is 0.322. The quantitative estimate of drug-likeness (QED) is 0.618. The van der Waals surface area contributed by atoms with Crippen molar-refractivity contribution in [1.82, 2.24) is 15.2 Å². The average molecular weight is 159 g/mol. The van der Waals surface area contributed by atoms with E-state index in [-0.39, 0.29) is 6.61 Å². The van der Waals surface area contributed by atoms with Crippen LogP contribution in [0.1, 0.15) is 5.82 Å². The topological polar surface area (TPSA) is 61.8 Å². The molecule has 1 aromatic rings. The Morgan fingerprint density at radius 3 is 3.00 bits per heavy atom. The van der Waals surface area contributed by atoms with Gasteiger partial charge in [-0.15, -0.1) is 5.10 Å². The molecule has 1 aromatic heterocycles. The summed E-state index contributed by atoms with van der Waals surface area (Å²) in [5.74, 6) is 1.46. The third kappa shape index (κ3) is 2.00. The Morgan fingerprint density at radius 1 is 1.70 bits per heavy atom. The van der Waals surface area contributed by atoms with Crippen LogP contribution < -0.4 is 0 Å². The van der Waals surface area contributed by atoms with Gasteiger partial charge in [-0.05, 0) is 6.92 Å². The van der Waals surface area contributed by atoms with Crippen LogP contribution in [0, 0.1) is 6.92 Å². The van der Waals surface area contributed by atoms with Crippen LogP contribution in [-0.4, -0.2) is 32.6 Å². The van der Waals surface area contributed by atoms with Gasteiger partial charge in [0.2, 0.25) is 5.16 Å². The lowest BCUT2D eigenvalue weighted by Crippen LogP contribution is -1.86. The Labute approximate surface area is 63.1 Å². The fourth-order valence-electron chi connectivity index (χ4n) is 0.524. The van der Waals surface area contributed by atoms with Gasteiger partial charge in [0.05, 0.1) is 6.61 Å². The average Bonchev–Trinajstić information content (AvgIpc) is 2.31. The molecule has 2 N–H and O–H groups in total. The number of aryl methyl sites for hydroxylation is 1. The van der Waals surface area contributed by atoms with Crippen LogP contribution in [0.15, 0.2) is 5.16 Å². The Balaban J connectivity index is 2.42. The van der Waals surface area contributed by atoms with Crippen LogP contribution in [0.3, 0.4) is 0 Å². The normalized spacial score (nSPS) is 10.2. The summed E-state index contributed by atoms with van der Waals surface area (Å²) in [6.07, 6.45) is 0. The molecule has 0 radical (unpaired) electrons. The third-order valence-electron chi connectivity index (χ3n) is 0.899. The largest absolute Gasteiger partial charge is 0.396 e. The molecule has 0 spiro atoms. The van der Waals surface area contributed by atoms with Crippen molar-refractivity contribution in [2.24, 2.45) is 0 Å². The predicted octanol–water partition coefficient (Wildman–Crippen LogP) is 0.198. The molecule has 0 fully saturated rings. The lowest BCUT2D eigenvalue weighted by Gasteiger charge is -1.87. The zero-order valence-corrected chi connectivity index (χ0v) is 6.48. The highest BCUT2D eigenvalue weighted by Crippen LogP contribution is 2.09. The molecule has 0 saturated carbocycles. The van der Waals surface area contributed by atoms with E-state index in [4.69, 9.17) is 5.11 Å². The minimum atomic E-state index is 0.165. The fourth-order valence-corrected chi connectivity index (χ4v) is 1.11. The predicted molar refractivity (Wildman–Crippen MR) is 38.9 cm³/mol. The molecule has 0 atom stereocenters. The summed E-state index contributed by atoms with van der Waals surface area (Å²) in [7, 11) is 0. The summed E-state index contributed by atoms with van der Waals surface area (Å²) < 4.78 is 0. The molecule has 0 amide bonds. The molecule has 0 unspecified atom stereocenters. The van der Waals surface area contributed by atoms with Crippen molar-refractivity contribution in [1.29, 1.82) is 0 Å². The smallest absolute Gasteiger partial charge is 0.208 e. The van der Waals surface area contributed by atoms with Crippen molar-refractivity contribution >= 4 is 11.8 Å². The first-order valence-corrected chi connectivity index (χ1v) is 3.94. The minimum Gasteiger partial charge on any atom is -0.396 e. The molecule has 0 aliphatic carbocycles. The van der Waals surface area contributed by atoms with Crippen molar-refractivity contribution in [3.8, 4) is 0 Å². The molecular formula is C5H9N3OS. The van der Waals surface area contributed by atoms with Crippen LogP contribution in [0.25, 0.3) is 0 Å². The molecule has 0 bridgehead atoms. The van der Waals surface area contributed by atoms with Gasteiger partial charge in [-0.2, -0.15) is 0 Å². The molecule has 1 rings (SSSR count). The summed E-state index contributed by atoms with van der Waals surface area (Å²) in [5, 5.41) is 15.7. The van der Waals surface area contributed by atoms with Gasteiger partial charge in [0.1, 0.15) is 5.82 Å². The number of hydrogen-bond acceptors (Lipinski definition) is 4. The van der Waals surface area contributed by atoms with Crippen molar-refractivity contribution < 1.29 is 5.11 Å². The zero-order valence-electron chi connectivity index (χ0n) is 5.66. The van der Waals surface area contributed by atoms with E-state index in [0.29, 0.717) is 10.9 Å².